The smallest absolute Gasteiger partial charge is 0.336 e. The highest BCUT2D eigenvalue weighted by atomic mass is 35.5. The van der Waals surface area contributed by atoms with Crippen molar-refractivity contribution in [3.05, 3.63) is 64.2 Å². The summed E-state index contributed by atoms with van der Waals surface area (Å²) in [6.07, 6.45) is -0.00864. The first-order valence-corrected chi connectivity index (χ1v) is 7.77. The summed E-state index contributed by atoms with van der Waals surface area (Å²) in [5.41, 5.74) is 1.62. The lowest BCUT2D eigenvalue weighted by atomic mass is 10.1. The SMILES string of the molecule is O=C(O)Cc1ccc(SCc2ccc(Cl)cc2C(=O)O)cc1. The summed E-state index contributed by atoms with van der Waals surface area (Å²) in [7, 11) is 0. The van der Waals surface area contributed by atoms with Gasteiger partial charge < -0.3 is 10.2 Å². The second-order valence-electron chi connectivity index (χ2n) is 4.61. The van der Waals surface area contributed by atoms with E-state index in [1.54, 1.807) is 24.3 Å². The van der Waals surface area contributed by atoms with Crippen molar-refractivity contribution in [2.24, 2.45) is 0 Å². The molecule has 0 saturated carbocycles. The number of thioether (sulfide) groups is 1. The van der Waals surface area contributed by atoms with Gasteiger partial charge in [0.25, 0.3) is 0 Å². The third-order valence-corrected chi connectivity index (χ3v) is 4.27. The van der Waals surface area contributed by atoms with Crippen molar-refractivity contribution in [2.75, 3.05) is 0 Å². The number of hydrogen-bond donors (Lipinski definition) is 2. The van der Waals surface area contributed by atoms with Gasteiger partial charge in [-0.1, -0.05) is 29.8 Å². The van der Waals surface area contributed by atoms with E-state index in [0.29, 0.717) is 16.3 Å². The van der Waals surface area contributed by atoms with E-state index in [1.807, 2.05) is 12.1 Å². The van der Waals surface area contributed by atoms with E-state index in [1.165, 1.54) is 17.8 Å². The zero-order chi connectivity index (χ0) is 16.1. The quantitative estimate of drug-likeness (QED) is 0.781. The number of carbonyl (C=O) groups is 2. The average Bonchev–Trinajstić information content (AvgIpc) is 2.46. The summed E-state index contributed by atoms with van der Waals surface area (Å²) in [5, 5.41) is 18.3. The second kappa shape index (κ2) is 7.33. The minimum Gasteiger partial charge on any atom is -0.481 e. The Morgan fingerprint density at radius 2 is 1.73 bits per heavy atom. The lowest BCUT2D eigenvalue weighted by molar-refractivity contribution is -0.136. The molecule has 0 aliphatic heterocycles. The van der Waals surface area contributed by atoms with E-state index in [9.17, 15) is 14.7 Å². The fourth-order valence-corrected chi connectivity index (χ4v) is 2.99. The first kappa shape index (κ1) is 16.4. The Hall–Kier alpha value is -1.98. The standard InChI is InChI=1S/C16H13ClO4S/c17-12-4-3-11(14(8-12)16(20)21)9-22-13-5-1-10(2-6-13)7-15(18)19/h1-6,8H,7,9H2,(H,18,19)(H,20,21). The third kappa shape index (κ3) is 4.51. The van der Waals surface area contributed by atoms with E-state index < -0.39 is 11.9 Å². The first-order valence-electron chi connectivity index (χ1n) is 6.41. The van der Waals surface area contributed by atoms with Crippen LogP contribution in [0.25, 0.3) is 0 Å². The number of carboxylic acid groups (broad SMARTS) is 2. The Morgan fingerprint density at radius 1 is 1.05 bits per heavy atom. The van der Waals surface area contributed by atoms with Gasteiger partial charge in [-0.3, -0.25) is 4.79 Å². The van der Waals surface area contributed by atoms with Crippen molar-refractivity contribution < 1.29 is 19.8 Å². The lowest BCUT2D eigenvalue weighted by Crippen LogP contribution is -2.01. The molecule has 0 saturated heterocycles. The Kier molecular flexibility index (Phi) is 5.46. The number of aliphatic carboxylic acids is 1. The van der Waals surface area contributed by atoms with E-state index in [-0.39, 0.29) is 12.0 Å². The highest BCUT2D eigenvalue weighted by Gasteiger charge is 2.11. The Bertz CT molecular complexity index is 698. The van der Waals surface area contributed by atoms with Gasteiger partial charge in [-0.25, -0.2) is 4.79 Å². The third-order valence-electron chi connectivity index (χ3n) is 2.98. The fraction of sp³-hybridized carbons (Fsp3) is 0.125. The molecule has 2 aromatic rings. The van der Waals surface area contributed by atoms with Crippen LogP contribution in [0, 0.1) is 0 Å². The molecule has 0 spiro atoms. The van der Waals surface area contributed by atoms with Gasteiger partial charge in [0.2, 0.25) is 0 Å². The van der Waals surface area contributed by atoms with Gasteiger partial charge in [-0.15, -0.1) is 11.8 Å². The second-order valence-corrected chi connectivity index (χ2v) is 6.09. The summed E-state index contributed by atoms with van der Waals surface area (Å²) in [4.78, 5) is 22.8. The van der Waals surface area contributed by atoms with Crippen LogP contribution in [-0.2, 0) is 17.0 Å². The maximum Gasteiger partial charge on any atom is 0.336 e. The van der Waals surface area contributed by atoms with Gasteiger partial charge in [0.05, 0.1) is 12.0 Å². The molecule has 0 unspecified atom stereocenters. The van der Waals surface area contributed by atoms with Crippen LogP contribution >= 0.6 is 23.4 Å². The molecule has 2 N–H and O–H groups in total. The predicted octanol–water partition coefficient (Wildman–Crippen LogP) is 3.96. The van der Waals surface area contributed by atoms with Gasteiger partial charge in [-0.05, 0) is 35.4 Å². The van der Waals surface area contributed by atoms with E-state index in [4.69, 9.17) is 16.7 Å². The number of rotatable bonds is 6. The van der Waals surface area contributed by atoms with Crippen LogP contribution in [0.2, 0.25) is 5.02 Å². The highest BCUT2D eigenvalue weighted by molar-refractivity contribution is 7.98. The lowest BCUT2D eigenvalue weighted by Gasteiger charge is -2.07. The highest BCUT2D eigenvalue weighted by Crippen LogP contribution is 2.26. The molecule has 0 radical (unpaired) electrons. The van der Waals surface area contributed by atoms with Crippen molar-refractivity contribution in [3.8, 4) is 0 Å². The monoisotopic (exact) mass is 336 g/mol. The maximum atomic E-state index is 11.2. The fourth-order valence-electron chi connectivity index (χ4n) is 1.91. The van der Waals surface area contributed by atoms with E-state index >= 15 is 0 Å². The first-order chi connectivity index (χ1) is 10.5. The number of hydrogen-bond acceptors (Lipinski definition) is 3. The molecule has 0 amide bonds. The summed E-state index contributed by atoms with van der Waals surface area (Å²) in [6, 6.07) is 12.0. The molecule has 0 fully saturated rings. The number of carboxylic acids is 2. The van der Waals surface area contributed by atoms with Crippen molar-refractivity contribution in [3.63, 3.8) is 0 Å². The van der Waals surface area contributed by atoms with Crippen LogP contribution in [0.4, 0.5) is 0 Å². The zero-order valence-corrected chi connectivity index (χ0v) is 13.0. The minimum atomic E-state index is -1.00. The maximum absolute atomic E-state index is 11.2. The average molecular weight is 337 g/mol. The van der Waals surface area contributed by atoms with Gasteiger partial charge in [0.15, 0.2) is 0 Å². The normalized spacial score (nSPS) is 10.4. The molecular formula is C16H13ClO4S. The van der Waals surface area contributed by atoms with Crippen LogP contribution in [0.3, 0.4) is 0 Å². The van der Waals surface area contributed by atoms with Crippen molar-refractivity contribution in [1.82, 2.24) is 0 Å². The van der Waals surface area contributed by atoms with Crippen LogP contribution in [0.5, 0.6) is 0 Å². The molecule has 2 aromatic carbocycles. The Morgan fingerprint density at radius 3 is 2.32 bits per heavy atom. The molecule has 0 atom stereocenters. The van der Waals surface area contributed by atoms with Crippen molar-refractivity contribution in [2.45, 2.75) is 17.1 Å². The van der Waals surface area contributed by atoms with Crippen LogP contribution in [0.1, 0.15) is 21.5 Å². The van der Waals surface area contributed by atoms with Gasteiger partial charge in [0.1, 0.15) is 0 Å². The summed E-state index contributed by atoms with van der Waals surface area (Å²) < 4.78 is 0. The zero-order valence-electron chi connectivity index (χ0n) is 11.5. The van der Waals surface area contributed by atoms with Gasteiger partial charge >= 0.3 is 11.9 Å². The van der Waals surface area contributed by atoms with E-state index in [2.05, 4.69) is 0 Å². The molecular weight excluding hydrogens is 324 g/mol. The van der Waals surface area contributed by atoms with Gasteiger partial charge in [0, 0.05) is 15.7 Å². The molecule has 0 aliphatic rings. The van der Waals surface area contributed by atoms with E-state index in [0.717, 1.165) is 10.5 Å². The summed E-state index contributed by atoms with van der Waals surface area (Å²) in [6.45, 7) is 0. The van der Waals surface area contributed by atoms with Crippen LogP contribution in [-0.4, -0.2) is 22.2 Å². The molecule has 6 heteroatoms. The molecule has 0 aromatic heterocycles. The van der Waals surface area contributed by atoms with Crippen molar-refractivity contribution in [1.29, 1.82) is 0 Å². The largest absolute Gasteiger partial charge is 0.481 e. The molecule has 22 heavy (non-hydrogen) atoms. The predicted molar refractivity (Wildman–Crippen MR) is 85.8 cm³/mol. The minimum absolute atomic E-state index is 0.00864. The summed E-state index contributed by atoms with van der Waals surface area (Å²) >= 11 is 7.30. The molecule has 4 nitrogen and oxygen atoms in total. The number of halogens is 1. The molecule has 2 rings (SSSR count). The Balaban J connectivity index is 2.07. The van der Waals surface area contributed by atoms with Crippen LogP contribution in [0.15, 0.2) is 47.4 Å². The summed E-state index contributed by atoms with van der Waals surface area (Å²) in [5.74, 6) is -1.38. The molecule has 0 heterocycles. The topological polar surface area (TPSA) is 74.6 Å². The number of benzene rings is 2. The Labute approximate surface area is 136 Å². The van der Waals surface area contributed by atoms with Gasteiger partial charge in [-0.2, -0.15) is 0 Å². The van der Waals surface area contributed by atoms with Crippen LogP contribution < -0.4 is 0 Å². The molecule has 0 aliphatic carbocycles. The molecule has 114 valence electrons. The number of aromatic carboxylic acids is 1. The molecule has 0 bridgehead atoms. The van der Waals surface area contributed by atoms with Crippen molar-refractivity contribution >= 4 is 35.3 Å².